The van der Waals surface area contributed by atoms with Crippen molar-refractivity contribution in [3.05, 3.63) is 24.3 Å². The lowest BCUT2D eigenvalue weighted by Crippen LogP contribution is -2.74. The molecular formula is C21H30N2O4. The van der Waals surface area contributed by atoms with Crippen LogP contribution in [0.25, 0.3) is 0 Å². The van der Waals surface area contributed by atoms with Gasteiger partial charge in [0.1, 0.15) is 11.8 Å². The summed E-state index contributed by atoms with van der Waals surface area (Å²) in [4.78, 5) is 27.8. The van der Waals surface area contributed by atoms with E-state index in [0.29, 0.717) is 19.8 Å². The monoisotopic (exact) mass is 374 g/mol. The van der Waals surface area contributed by atoms with Crippen molar-refractivity contribution in [3.8, 4) is 5.75 Å². The van der Waals surface area contributed by atoms with Crippen molar-refractivity contribution < 1.29 is 19.1 Å². The number of amides is 2. The van der Waals surface area contributed by atoms with E-state index in [1.165, 1.54) is 0 Å². The third-order valence-corrected chi connectivity index (χ3v) is 5.74. The summed E-state index contributed by atoms with van der Waals surface area (Å²) >= 11 is 0. The fourth-order valence-electron chi connectivity index (χ4n) is 4.33. The first-order valence-electron chi connectivity index (χ1n) is 9.97. The summed E-state index contributed by atoms with van der Waals surface area (Å²) < 4.78 is 10.5. The van der Waals surface area contributed by atoms with Gasteiger partial charge in [0.05, 0.1) is 12.5 Å². The number of ether oxygens (including phenoxy) is 2. The number of hydrogen-bond acceptors (Lipinski definition) is 4. The molecule has 2 amide bonds. The molecule has 1 saturated heterocycles. The van der Waals surface area contributed by atoms with E-state index in [1.54, 1.807) is 12.0 Å². The van der Waals surface area contributed by atoms with Gasteiger partial charge in [0.15, 0.2) is 0 Å². The molecule has 1 saturated carbocycles. The van der Waals surface area contributed by atoms with Crippen LogP contribution in [0.2, 0.25) is 0 Å². The van der Waals surface area contributed by atoms with Crippen molar-refractivity contribution in [2.75, 3.05) is 31.8 Å². The summed E-state index contributed by atoms with van der Waals surface area (Å²) in [5.41, 5.74) is 0.230. The standard InChI is InChI=1S/C21H30N2O4/c1-3-27-15-7-14-22-19(24)18-21(12-5-4-6-13-21)20(25)23(18)16-8-10-17(26-2)11-9-16/h8-11,18H,3-7,12-15H2,1-2H3,(H,22,24). The fourth-order valence-corrected chi connectivity index (χ4v) is 4.33. The second kappa shape index (κ2) is 8.74. The van der Waals surface area contributed by atoms with Crippen LogP contribution < -0.4 is 15.0 Å². The highest BCUT2D eigenvalue weighted by atomic mass is 16.5. The number of carbonyl (C=O) groups is 2. The van der Waals surface area contributed by atoms with Gasteiger partial charge in [-0.2, -0.15) is 0 Å². The Morgan fingerprint density at radius 3 is 2.56 bits per heavy atom. The van der Waals surface area contributed by atoms with Crippen molar-refractivity contribution in [1.29, 1.82) is 0 Å². The predicted molar refractivity (Wildman–Crippen MR) is 104 cm³/mol. The molecule has 1 heterocycles. The van der Waals surface area contributed by atoms with Gasteiger partial charge < -0.3 is 14.8 Å². The molecule has 6 heteroatoms. The second-order valence-corrected chi connectivity index (χ2v) is 7.33. The minimum atomic E-state index is -0.526. The maximum atomic E-state index is 13.1. The highest BCUT2D eigenvalue weighted by Gasteiger charge is 2.63. The Morgan fingerprint density at radius 2 is 1.93 bits per heavy atom. The number of anilines is 1. The molecule has 1 unspecified atom stereocenters. The maximum absolute atomic E-state index is 13.1. The highest BCUT2D eigenvalue weighted by Crippen LogP contribution is 2.51. The van der Waals surface area contributed by atoms with Crippen LogP contribution >= 0.6 is 0 Å². The number of benzene rings is 1. The van der Waals surface area contributed by atoms with Gasteiger partial charge in [0, 0.05) is 25.4 Å². The molecule has 1 aromatic rings. The van der Waals surface area contributed by atoms with Crippen molar-refractivity contribution in [2.24, 2.45) is 5.41 Å². The van der Waals surface area contributed by atoms with E-state index in [0.717, 1.165) is 50.0 Å². The van der Waals surface area contributed by atoms with Gasteiger partial charge in [0.2, 0.25) is 11.8 Å². The first kappa shape index (κ1) is 19.7. The van der Waals surface area contributed by atoms with E-state index < -0.39 is 11.5 Å². The molecule has 0 aromatic heterocycles. The molecule has 3 rings (SSSR count). The van der Waals surface area contributed by atoms with E-state index in [4.69, 9.17) is 9.47 Å². The number of carbonyl (C=O) groups excluding carboxylic acids is 2. The van der Waals surface area contributed by atoms with Crippen molar-refractivity contribution in [2.45, 2.75) is 51.5 Å². The van der Waals surface area contributed by atoms with E-state index in [-0.39, 0.29) is 11.8 Å². The first-order valence-corrected chi connectivity index (χ1v) is 9.97. The predicted octanol–water partition coefficient (Wildman–Crippen LogP) is 2.90. The molecular weight excluding hydrogens is 344 g/mol. The molecule has 1 N–H and O–H groups in total. The quantitative estimate of drug-likeness (QED) is 0.561. The molecule has 1 aromatic carbocycles. The summed E-state index contributed by atoms with van der Waals surface area (Å²) in [6.45, 7) is 3.83. The smallest absolute Gasteiger partial charge is 0.244 e. The molecule has 1 aliphatic carbocycles. The fraction of sp³-hybridized carbons (Fsp3) is 0.619. The van der Waals surface area contributed by atoms with Crippen molar-refractivity contribution >= 4 is 17.5 Å². The van der Waals surface area contributed by atoms with Crippen LogP contribution in [-0.4, -0.2) is 44.7 Å². The van der Waals surface area contributed by atoms with E-state index in [9.17, 15) is 9.59 Å². The molecule has 1 aliphatic heterocycles. The lowest BCUT2D eigenvalue weighted by molar-refractivity contribution is -0.150. The molecule has 2 fully saturated rings. The Morgan fingerprint density at radius 1 is 1.22 bits per heavy atom. The molecule has 2 aliphatic rings. The molecule has 6 nitrogen and oxygen atoms in total. The number of β-lactam (4-membered cyclic amide) rings is 1. The zero-order chi connectivity index (χ0) is 19.3. The number of hydrogen-bond donors (Lipinski definition) is 1. The maximum Gasteiger partial charge on any atom is 0.244 e. The topological polar surface area (TPSA) is 67.9 Å². The number of nitrogens with one attached hydrogen (secondary N) is 1. The van der Waals surface area contributed by atoms with Crippen LogP contribution in [0.5, 0.6) is 5.75 Å². The van der Waals surface area contributed by atoms with Crippen LogP contribution in [0.4, 0.5) is 5.69 Å². The van der Waals surface area contributed by atoms with Gasteiger partial charge in [-0.15, -0.1) is 0 Å². The summed E-state index contributed by atoms with van der Waals surface area (Å²) in [6.07, 6.45) is 5.54. The third kappa shape index (κ3) is 3.81. The largest absolute Gasteiger partial charge is 0.497 e. The van der Waals surface area contributed by atoms with Crippen LogP contribution in [0.3, 0.4) is 0 Å². The molecule has 0 radical (unpaired) electrons. The van der Waals surface area contributed by atoms with Crippen LogP contribution in [0.1, 0.15) is 45.4 Å². The van der Waals surface area contributed by atoms with Gasteiger partial charge in [-0.1, -0.05) is 19.3 Å². The minimum absolute atomic E-state index is 0.0520. The minimum Gasteiger partial charge on any atom is -0.497 e. The van der Waals surface area contributed by atoms with E-state index >= 15 is 0 Å². The molecule has 1 spiro atoms. The van der Waals surface area contributed by atoms with E-state index in [1.807, 2.05) is 31.2 Å². The van der Waals surface area contributed by atoms with Gasteiger partial charge >= 0.3 is 0 Å². The Labute approximate surface area is 161 Å². The first-order chi connectivity index (χ1) is 13.1. The Bertz CT molecular complexity index is 653. The average Bonchev–Trinajstić information content (AvgIpc) is 2.72. The molecule has 0 bridgehead atoms. The highest BCUT2D eigenvalue weighted by molar-refractivity contribution is 6.14. The molecule has 1 atom stereocenters. The summed E-state index contributed by atoms with van der Waals surface area (Å²) in [7, 11) is 1.61. The lowest BCUT2D eigenvalue weighted by Gasteiger charge is -2.56. The van der Waals surface area contributed by atoms with Crippen molar-refractivity contribution in [3.63, 3.8) is 0 Å². The lowest BCUT2D eigenvalue weighted by atomic mass is 9.61. The van der Waals surface area contributed by atoms with E-state index in [2.05, 4.69) is 5.32 Å². The van der Waals surface area contributed by atoms with Gasteiger partial charge in [0.25, 0.3) is 0 Å². The summed E-state index contributed by atoms with van der Waals surface area (Å²) in [5.74, 6) is 0.765. The van der Waals surface area contributed by atoms with Crippen molar-refractivity contribution in [1.82, 2.24) is 5.32 Å². The van der Waals surface area contributed by atoms with Crippen LogP contribution in [-0.2, 0) is 14.3 Å². The second-order valence-electron chi connectivity index (χ2n) is 7.33. The van der Waals surface area contributed by atoms with Gasteiger partial charge in [-0.05, 0) is 50.5 Å². The zero-order valence-electron chi connectivity index (χ0n) is 16.3. The Kier molecular flexibility index (Phi) is 6.37. The average molecular weight is 374 g/mol. The Hall–Kier alpha value is -2.08. The van der Waals surface area contributed by atoms with Gasteiger partial charge in [-0.25, -0.2) is 0 Å². The SMILES string of the molecule is CCOCCCNC(=O)C1N(c2ccc(OC)cc2)C(=O)C12CCCCC2. The molecule has 27 heavy (non-hydrogen) atoms. The van der Waals surface area contributed by atoms with Crippen LogP contribution in [0.15, 0.2) is 24.3 Å². The zero-order valence-corrected chi connectivity index (χ0v) is 16.3. The number of nitrogens with zero attached hydrogens (tertiary/aromatic N) is 1. The molecule has 148 valence electrons. The normalized spacial score (nSPS) is 21.0. The summed E-state index contributed by atoms with van der Waals surface area (Å²) in [5, 5.41) is 3.02. The summed E-state index contributed by atoms with van der Waals surface area (Å²) in [6, 6.07) is 6.92. The number of rotatable bonds is 8. The Balaban J connectivity index is 1.75. The number of methoxy groups -OCH3 is 1. The van der Waals surface area contributed by atoms with Gasteiger partial charge in [-0.3, -0.25) is 14.5 Å². The van der Waals surface area contributed by atoms with Crippen LogP contribution in [0, 0.1) is 5.41 Å². The third-order valence-electron chi connectivity index (χ3n) is 5.74.